The molecule has 8 heteroatoms. The maximum Gasteiger partial charge on any atom is 0.416 e. The predicted molar refractivity (Wildman–Crippen MR) is 96.1 cm³/mol. The van der Waals surface area contributed by atoms with Gasteiger partial charge in [0.2, 0.25) is 5.91 Å². The number of rotatable bonds is 6. The molecule has 3 rings (SSSR count). The zero-order chi connectivity index (χ0) is 19.3. The number of aryl methyl sites for hydroxylation is 1. The number of benzene rings is 1. The second kappa shape index (κ2) is 8.56. The van der Waals surface area contributed by atoms with Crippen molar-refractivity contribution in [3.8, 4) is 0 Å². The molecular weight excluding hydrogens is 357 g/mol. The van der Waals surface area contributed by atoms with E-state index in [4.69, 9.17) is 0 Å². The van der Waals surface area contributed by atoms with E-state index < -0.39 is 11.7 Å². The van der Waals surface area contributed by atoms with Crippen molar-refractivity contribution in [3.63, 3.8) is 0 Å². The fraction of sp³-hybridized carbons (Fsp3) is 0.474. The molecule has 1 saturated heterocycles. The molecule has 1 aliphatic heterocycles. The lowest BCUT2D eigenvalue weighted by Gasteiger charge is -2.31. The lowest BCUT2D eigenvalue weighted by Crippen LogP contribution is -2.39. The van der Waals surface area contributed by atoms with Crippen LogP contribution in [0, 0.1) is 5.92 Å². The van der Waals surface area contributed by atoms with Crippen LogP contribution in [0.3, 0.4) is 0 Å². The number of hydrogen-bond acceptors (Lipinski definition) is 3. The maximum atomic E-state index is 12.6. The van der Waals surface area contributed by atoms with Crippen molar-refractivity contribution in [2.24, 2.45) is 5.92 Å². The molecule has 0 saturated carbocycles. The first-order valence-corrected chi connectivity index (χ1v) is 9.05. The summed E-state index contributed by atoms with van der Waals surface area (Å²) in [5.41, 5.74) is -0.346. The second-order valence-corrected chi connectivity index (χ2v) is 6.93. The fourth-order valence-corrected chi connectivity index (χ4v) is 3.33. The normalized spacial score (nSPS) is 16.4. The third kappa shape index (κ3) is 5.82. The van der Waals surface area contributed by atoms with Crippen LogP contribution < -0.4 is 5.32 Å². The van der Waals surface area contributed by atoms with Gasteiger partial charge in [-0.1, -0.05) is 0 Å². The number of nitrogens with zero attached hydrogens (tertiary/aromatic N) is 3. The number of anilines is 1. The van der Waals surface area contributed by atoms with E-state index >= 15 is 0 Å². The monoisotopic (exact) mass is 380 g/mol. The van der Waals surface area contributed by atoms with Gasteiger partial charge in [-0.05, 0) is 62.5 Å². The molecule has 1 amide bonds. The quantitative estimate of drug-likeness (QED) is 0.832. The number of imidazole rings is 1. The van der Waals surface area contributed by atoms with Gasteiger partial charge < -0.3 is 9.88 Å². The largest absolute Gasteiger partial charge is 0.416 e. The van der Waals surface area contributed by atoms with Crippen molar-refractivity contribution in [3.05, 3.63) is 48.5 Å². The number of hydrogen-bond donors (Lipinski definition) is 1. The zero-order valence-corrected chi connectivity index (χ0v) is 15.0. The van der Waals surface area contributed by atoms with Gasteiger partial charge in [-0.3, -0.25) is 9.69 Å². The van der Waals surface area contributed by atoms with E-state index in [0.717, 1.165) is 51.0 Å². The Morgan fingerprint density at radius 3 is 2.48 bits per heavy atom. The van der Waals surface area contributed by atoms with Gasteiger partial charge in [-0.2, -0.15) is 13.2 Å². The molecule has 0 radical (unpaired) electrons. The number of carbonyl (C=O) groups excluding carboxylic acids is 1. The molecule has 0 unspecified atom stereocenters. The third-order valence-electron chi connectivity index (χ3n) is 4.93. The fourth-order valence-electron chi connectivity index (χ4n) is 3.33. The Kier molecular flexibility index (Phi) is 6.15. The molecule has 0 atom stereocenters. The van der Waals surface area contributed by atoms with Crippen LogP contribution in [0.15, 0.2) is 43.0 Å². The Bertz CT molecular complexity index is 720. The van der Waals surface area contributed by atoms with Crippen LogP contribution in [0.5, 0.6) is 0 Å². The molecule has 0 bridgehead atoms. The van der Waals surface area contributed by atoms with Crippen LogP contribution in [0.4, 0.5) is 18.9 Å². The molecule has 2 aromatic rings. The lowest BCUT2D eigenvalue weighted by atomic mass is 9.93. The summed E-state index contributed by atoms with van der Waals surface area (Å²) in [5.74, 6) is 0.438. The number of alkyl halides is 3. The molecule has 1 aromatic carbocycles. The second-order valence-electron chi connectivity index (χ2n) is 6.93. The number of halogens is 3. The third-order valence-corrected chi connectivity index (χ3v) is 4.93. The molecule has 1 fully saturated rings. The zero-order valence-electron chi connectivity index (χ0n) is 15.0. The number of likely N-dealkylation sites (tertiary alicyclic amines) is 1. The van der Waals surface area contributed by atoms with Crippen LogP contribution in [-0.4, -0.2) is 40.0 Å². The summed E-state index contributed by atoms with van der Waals surface area (Å²) in [6, 6.07) is 4.51. The van der Waals surface area contributed by atoms with Gasteiger partial charge in [0, 0.05) is 24.6 Å². The highest BCUT2D eigenvalue weighted by atomic mass is 19.4. The van der Waals surface area contributed by atoms with Gasteiger partial charge in [-0.15, -0.1) is 0 Å². The van der Waals surface area contributed by atoms with E-state index in [9.17, 15) is 18.0 Å². The molecule has 27 heavy (non-hydrogen) atoms. The maximum absolute atomic E-state index is 12.6. The summed E-state index contributed by atoms with van der Waals surface area (Å²) < 4.78 is 39.8. The van der Waals surface area contributed by atoms with Crippen molar-refractivity contribution in [2.45, 2.75) is 32.0 Å². The van der Waals surface area contributed by atoms with Gasteiger partial charge in [0.25, 0.3) is 0 Å². The minimum atomic E-state index is -4.37. The molecule has 2 heterocycles. The van der Waals surface area contributed by atoms with Gasteiger partial charge in [0.15, 0.2) is 0 Å². The molecule has 0 aliphatic carbocycles. The standard InChI is InChI=1S/C19H23F3N4O/c20-19(21,22)16-1-3-17(4-2-16)24-18(27)13-25-9-5-15(6-10-25)7-11-26-12-8-23-14-26/h1-4,8,12,14-15H,5-7,9-11,13H2,(H,24,27). The minimum Gasteiger partial charge on any atom is -0.337 e. The Morgan fingerprint density at radius 1 is 1.19 bits per heavy atom. The van der Waals surface area contributed by atoms with E-state index in [-0.39, 0.29) is 12.5 Å². The first kappa shape index (κ1) is 19.4. The molecule has 146 valence electrons. The summed E-state index contributed by atoms with van der Waals surface area (Å²) >= 11 is 0. The number of carbonyl (C=O) groups is 1. The molecule has 0 spiro atoms. The minimum absolute atomic E-state index is 0.202. The van der Waals surface area contributed by atoms with Crippen LogP contribution >= 0.6 is 0 Å². The predicted octanol–water partition coefficient (Wildman–Crippen LogP) is 3.64. The Hall–Kier alpha value is -2.35. The van der Waals surface area contributed by atoms with E-state index in [1.807, 2.05) is 12.5 Å². The Balaban J connectivity index is 1.39. The summed E-state index contributed by atoms with van der Waals surface area (Å²) in [7, 11) is 0. The van der Waals surface area contributed by atoms with Gasteiger partial charge >= 0.3 is 6.18 Å². The average Bonchev–Trinajstić information content (AvgIpc) is 3.14. The highest BCUT2D eigenvalue weighted by Gasteiger charge is 2.30. The van der Waals surface area contributed by atoms with Gasteiger partial charge in [-0.25, -0.2) is 4.98 Å². The number of piperidine rings is 1. The van der Waals surface area contributed by atoms with E-state index in [2.05, 4.69) is 19.8 Å². The van der Waals surface area contributed by atoms with Crippen molar-refractivity contribution in [2.75, 3.05) is 25.0 Å². The van der Waals surface area contributed by atoms with E-state index in [1.165, 1.54) is 12.1 Å². The van der Waals surface area contributed by atoms with Gasteiger partial charge in [0.05, 0.1) is 18.4 Å². The van der Waals surface area contributed by atoms with Crippen molar-refractivity contribution < 1.29 is 18.0 Å². The number of aromatic nitrogens is 2. The van der Waals surface area contributed by atoms with Crippen LogP contribution in [0.25, 0.3) is 0 Å². The molecular formula is C19H23F3N4O. The molecule has 1 N–H and O–H groups in total. The Labute approximate surface area is 156 Å². The van der Waals surface area contributed by atoms with Crippen LogP contribution in [0.2, 0.25) is 0 Å². The van der Waals surface area contributed by atoms with Crippen molar-refractivity contribution in [1.82, 2.24) is 14.5 Å². The highest BCUT2D eigenvalue weighted by molar-refractivity contribution is 5.92. The van der Waals surface area contributed by atoms with Crippen molar-refractivity contribution in [1.29, 1.82) is 0 Å². The molecule has 5 nitrogen and oxygen atoms in total. The SMILES string of the molecule is O=C(CN1CCC(CCn2ccnc2)CC1)Nc1ccc(C(F)(F)F)cc1. The number of amides is 1. The number of nitrogens with one attached hydrogen (secondary N) is 1. The lowest BCUT2D eigenvalue weighted by molar-refractivity contribution is -0.137. The first-order valence-electron chi connectivity index (χ1n) is 9.05. The average molecular weight is 380 g/mol. The summed E-state index contributed by atoms with van der Waals surface area (Å²) in [4.78, 5) is 18.3. The summed E-state index contributed by atoms with van der Waals surface area (Å²) in [6.07, 6.45) is 4.37. The van der Waals surface area contributed by atoms with E-state index in [1.54, 1.807) is 6.20 Å². The van der Waals surface area contributed by atoms with Crippen molar-refractivity contribution >= 4 is 11.6 Å². The Morgan fingerprint density at radius 2 is 1.89 bits per heavy atom. The van der Waals surface area contributed by atoms with Crippen LogP contribution in [-0.2, 0) is 17.5 Å². The topological polar surface area (TPSA) is 50.2 Å². The highest BCUT2D eigenvalue weighted by Crippen LogP contribution is 2.29. The summed E-state index contributed by atoms with van der Waals surface area (Å²) in [6.45, 7) is 2.93. The van der Waals surface area contributed by atoms with Crippen LogP contribution in [0.1, 0.15) is 24.8 Å². The van der Waals surface area contributed by atoms with Gasteiger partial charge in [0.1, 0.15) is 0 Å². The summed E-state index contributed by atoms with van der Waals surface area (Å²) in [5, 5.41) is 2.66. The smallest absolute Gasteiger partial charge is 0.337 e. The molecule has 1 aromatic heterocycles. The van der Waals surface area contributed by atoms with E-state index in [0.29, 0.717) is 11.6 Å². The molecule has 1 aliphatic rings. The first-order chi connectivity index (χ1) is 12.9.